The van der Waals surface area contributed by atoms with Gasteiger partial charge in [-0.1, -0.05) is 0 Å². The molecule has 2 aromatic heterocycles. The van der Waals surface area contributed by atoms with Crippen LogP contribution in [-0.4, -0.2) is 75.4 Å². The minimum absolute atomic E-state index is 0.0636. The number of piperidine rings is 1. The summed E-state index contributed by atoms with van der Waals surface area (Å²) in [6, 6.07) is 3.83. The lowest BCUT2D eigenvalue weighted by Gasteiger charge is -2.36. The van der Waals surface area contributed by atoms with Crippen molar-refractivity contribution in [2.24, 2.45) is 13.0 Å². The molecule has 0 unspecified atom stereocenters. The fraction of sp³-hybridized carbons (Fsp3) is 0.526. The van der Waals surface area contributed by atoms with Crippen molar-refractivity contribution in [3.8, 4) is 5.82 Å². The monoisotopic (exact) mass is 371 g/mol. The number of nitrogens with zero attached hydrogens (tertiary/aromatic N) is 5. The highest BCUT2D eigenvalue weighted by Crippen LogP contribution is 2.23. The van der Waals surface area contributed by atoms with Gasteiger partial charge >= 0.3 is 0 Å². The standard InChI is InChI=1S/C19H25N5O3/c1-21-17(22-6-2-3-7-22)16(13-20-21)19(26)24-8-4-5-15(14-24)18(25)23-9-11-27-12-10-23/h2-3,6-7,13,15H,4-5,8-12,14H2,1H3/t15-/m1/s1. The van der Waals surface area contributed by atoms with Crippen LogP contribution in [0.25, 0.3) is 5.82 Å². The Balaban J connectivity index is 1.50. The third-order valence-corrected chi connectivity index (χ3v) is 5.37. The molecule has 2 fully saturated rings. The summed E-state index contributed by atoms with van der Waals surface area (Å²) < 4.78 is 8.93. The molecule has 8 heteroatoms. The van der Waals surface area contributed by atoms with Gasteiger partial charge in [-0.3, -0.25) is 14.3 Å². The quantitative estimate of drug-likeness (QED) is 0.804. The molecule has 4 rings (SSSR count). The van der Waals surface area contributed by atoms with Crippen molar-refractivity contribution >= 4 is 11.8 Å². The highest BCUT2D eigenvalue weighted by atomic mass is 16.5. The molecule has 0 radical (unpaired) electrons. The number of carbonyl (C=O) groups excluding carboxylic acids is 2. The summed E-state index contributed by atoms with van der Waals surface area (Å²) in [4.78, 5) is 29.7. The van der Waals surface area contributed by atoms with Gasteiger partial charge < -0.3 is 19.1 Å². The van der Waals surface area contributed by atoms with E-state index in [9.17, 15) is 9.59 Å². The molecule has 0 N–H and O–H groups in total. The van der Waals surface area contributed by atoms with Crippen molar-refractivity contribution in [3.63, 3.8) is 0 Å². The highest BCUT2D eigenvalue weighted by molar-refractivity contribution is 5.97. The molecule has 0 aliphatic carbocycles. The molecule has 1 atom stereocenters. The molecule has 0 saturated carbocycles. The minimum atomic E-state index is -0.132. The molecule has 4 heterocycles. The van der Waals surface area contributed by atoms with Crippen LogP contribution in [-0.2, 0) is 16.6 Å². The second-order valence-corrected chi connectivity index (χ2v) is 7.12. The molecule has 0 bridgehead atoms. The van der Waals surface area contributed by atoms with Crippen molar-refractivity contribution in [1.82, 2.24) is 24.1 Å². The Morgan fingerprint density at radius 2 is 1.85 bits per heavy atom. The predicted molar refractivity (Wildman–Crippen MR) is 98.6 cm³/mol. The third kappa shape index (κ3) is 3.49. The zero-order valence-corrected chi connectivity index (χ0v) is 15.6. The Kier molecular flexibility index (Phi) is 4.98. The topological polar surface area (TPSA) is 72.6 Å². The van der Waals surface area contributed by atoms with E-state index in [4.69, 9.17) is 4.74 Å². The molecule has 2 amide bonds. The van der Waals surface area contributed by atoms with E-state index in [-0.39, 0.29) is 17.7 Å². The molecule has 144 valence electrons. The first kappa shape index (κ1) is 17.8. The molecule has 2 aliphatic heterocycles. The normalized spacial score (nSPS) is 20.7. The van der Waals surface area contributed by atoms with Crippen molar-refractivity contribution in [2.45, 2.75) is 12.8 Å². The number of morpholine rings is 1. The van der Waals surface area contributed by atoms with Gasteiger partial charge in [-0.15, -0.1) is 0 Å². The average Bonchev–Trinajstić information content (AvgIpc) is 3.37. The van der Waals surface area contributed by atoms with E-state index in [1.807, 2.05) is 41.0 Å². The zero-order valence-electron chi connectivity index (χ0n) is 15.6. The largest absolute Gasteiger partial charge is 0.378 e. The summed E-state index contributed by atoms with van der Waals surface area (Å²) in [6.07, 6.45) is 7.08. The maximum absolute atomic E-state index is 13.2. The van der Waals surface area contributed by atoms with Crippen LogP contribution in [0.4, 0.5) is 0 Å². The Hall–Kier alpha value is -2.61. The maximum Gasteiger partial charge on any atom is 0.259 e. The molecule has 0 spiro atoms. The Morgan fingerprint density at radius 3 is 2.59 bits per heavy atom. The predicted octanol–water partition coefficient (Wildman–Crippen LogP) is 0.922. The Labute approximate surface area is 158 Å². The van der Waals surface area contributed by atoms with Gasteiger partial charge in [0.15, 0.2) is 0 Å². The molecule has 2 aliphatic rings. The van der Waals surface area contributed by atoms with E-state index < -0.39 is 0 Å². The average molecular weight is 371 g/mol. The van der Waals surface area contributed by atoms with Crippen LogP contribution in [0.3, 0.4) is 0 Å². The van der Waals surface area contributed by atoms with Crippen LogP contribution >= 0.6 is 0 Å². The smallest absolute Gasteiger partial charge is 0.259 e. The summed E-state index contributed by atoms with van der Waals surface area (Å²) in [5, 5.41) is 4.28. The zero-order chi connectivity index (χ0) is 18.8. The van der Waals surface area contributed by atoms with Crippen LogP contribution in [0.5, 0.6) is 0 Å². The number of amides is 2. The first-order valence-corrected chi connectivity index (χ1v) is 9.46. The van der Waals surface area contributed by atoms with Gasteiger partial charge in [-0.2, -0.15) is 5.10 Å². The number of likely N-dealkylation sites (tertiary alicyclic amines) is 1. The molecule has 0 aromatic carbocycles. The van der Waals surface area contributed by atoms with Gasteiger partial charge in [0.25, 0.3) is 5.91 Å². The van der Waals surface area contributed by atoms with E-state index in [1.54, 1.807) is 15.8 Å². The first-order valence-electron chi connectivity index (χ1n) is 9.46. The number of rotatable bonds is 3. The van der Waals surface area contributed by atoms with Gasteiger partial charge in [0.2, 0.25) is 5.91 Å². The van der Waals surface area contributed by atoms with Crippen LogP contribution < -0.4 is 0 Å². The van der Waals surface area contributed by atoms with Crippen molar-refractivity contribution in [3.05, 3.63) is 36.3 Å². The number of aromatic nitrogens is 3. The summed E-state index contributed by atoms with van der Waals surface area (Å²) >= 11 is 0. The van der Waals surface area contributed by atoms with Crippen molar-refractivity contribution in [1.29, 1.82) is 0 Å². The fourth-order valence-electron chi connectivity index (χ4n) is 3.94. The van der Waals surface area contributed by atoms with E-state index >= 15 is 0 Å². The number of hydrogen-bond acceptors (Lipinski definition) is 4. The van der Waals surface area contributed by atoms with Crippen molar-refractivity contribution in [2.75, 3.05) is 39.4 Å². The number of aryl methyl sites for hydroxylation is 1. The molecule has 2 aromatic rings. The Bertz CT molecular complexity index is 807. The van der Waals surface area contributed by atoms with E-state index in [0.29, 0.717) is 45.0 Å². The van der Waals surface area contributed by atoms with Crippen LogP contribution in [0.2, 0.25) is 0 Å². The number of carbonyl (C=O) groups is 2. The SMILES string of the molecule is Cn1ncc(C(=O)N2CCC[C@@H](C(=O)N3CCOCC3)C2)c1-n1cccc1. The lowest BCUT2D eigenvalue weighted by Crippen LogP contribution is -2.49. The summed E-state index contributed by atoms with van der Waals surface area (Å²) in [5.74, 6) is 0.693. The lowest BCUT2D eigenvalue weighted by atomic mass is 9.96. The fourth-order valence-corrected chi connectivity index (χ4v) is 3.94. The van der Waals surface area contributed by atoms with Crippen molar-refractivity contribution < 1.29 is 14.3 Å². The molecule has 27 heavy (non-hydrogen) atoms. The van der Waals surface area contributed by atoms with Gasteiger partial charge in [0.05, 0.1) is 25.3 Å². The molecular weight excluding hydrogens is 346 g/mol. The van der Waals surface area contributed by atoms with Gasteiger partial charge in [-0.05, 0) is 25.0 Å². The van der Waals surface area contributed by atoms with Crippen LogP contribution in [0.1, 0.15) is 23.2 Å². The summed E-state index contributed by atoms with van der Waals surface area (Å²) in [5.41, 5.74) is 0.563. The second kappa shape index (κ2) is 7.56. The molecule has 2 saturated heterocycles. The molecule has 8 nitrogen and oxygen atoms in total. The van der Waals surface area contributed by atoms with Gasteiger partial charge in [0, 0.05) is 45.6 Å². The lowest BCUT2D eigenvalue weighted by molar-refractivity contribution is -0.141. The number of hydrogen-bond donors (Lipinski definition) is 0. The maximum atomic E-state index is 13.2. The Morgan fingerprint density at radius 1 is 1.11 bits per heavy atom. The summed E-state index contributed by atoms with van der Waals surface area (Å²) in [6.45, 7) is 3.61. The minimum Gasteiger partial charge on any atom is -0.378 e. The van der Waals surface area contributed by atoms with Gasteiger partial charge in [-0.25, -0.2) is 0 Å². The third-order valence-electron chi connectivity index (χ3n) is 5.37. The first-order chi connectivity index (χ1) is 13.1. The van der Waals surface area contributed by atoms with Gasteiger partial charge in [0.1, 0.15) is 11.4 Å². The molecular formula is C19H25N5O3. The number of ether oxygens (including phenoxy) is 1. The van der Waals surface area contributed by atoms with E-state index in [1.165, 1.54) is 0 Å². The second-order valence-electron chi connectivity index (χ2n) is 7.12. The van der Waals surface area contributed by atoms with E-state index in [2.05, 4.69) is 5.10 Å². The van der Waals surface area contributed by atoms with E-state index in [0.717, 1.165) is 18.7 Å². The van der Waals surface area contributed by atoms with Crippen LogP contribution in [0, 0.1) is 5.92 Å². The highest BCUT2D eigenvalue weighted by Gasteiger charge is 2.33. The van der Waals surface area contributed by atoms with Crippen LogP contribution in [0.15, 0.2) is 30.7 Å². The summed E-state index contributed by atoms with van der Waals surface area (Å²) in [7, 11) is 1.83.